The molecule has 1 aromatic carbocycles. The predicted molar refractivity (Wildman–Crippen MR) is 112 cm³/mol. The summed E-state index contributed by atoms with van der Waals surface area (Å²) in [4.78, 5) is 18.2. The van der Waals surface area contributed by atoms with Gasteiger partial charge in [-0.05, 0) is 38.5 Å². The van der Waals surface area contributed by atoms with Crippen molar-refractivity contribution in [2.45, 2.75) is 52.5 Å². The van der Waals surface area contributed by atoms with Crippen LogP contribution < -0.4 is 14.8 Å². The molecule has 8 heteroatoms. The van der Waals surface area contributed by atoms with E-state index < -0.39 is 16.8 Å². The standard InChI is InChI=1S/C19H27N3O3S2/c1-11(2)22-27(24)15-10-13(8-9-14(15)25-7)16-12(3)20-18(26-16)21-17(23)19(4,5)6/h8-11,22H,1-7H3,(H,20,21,23). The van der Waals surface area contributed by atoms with E-state index in [2.05, 4.69) is 15.0 Å². The molecule has 1 aromatic heterocycles. The van der Waals surface area contributed by atoms with Gasteiger partial charge in [-0.15, -0.1) is 4.72 Å². The van der Waals surface area contributed by atoms with Gasteiger partial charge in [0.1, 0.15) is 0 Å². The Morgan fingerprint density at radius 3 is 2.56 bits per heavy atom. The lowest BCUT2D eigenvalue weighted by molar-refractivity contribution is -0.123. The average Bonchev–Trinajstić information content (AvgIpc) is 2.93. The highest BCUT2D eigenvalue weighted by atomic mass is 32.2. The van der Waals surface area contributed by atoms with Crippen LogP contribution in [0.1, 0.15) is 40.3 Å². The van der Waals surface area contributed by atoms with E-state index in [1.807, 2.05) is 53.7 Å². The van der Waals surface area contributed by atoms with E-state index in [4.69, 9.17) is 4.74 Å². The fourth-order valence-corrected chi connectivity index (χ4v) is 4.32. The van der Waals surface area contributed by atoms with Gasteiger partial charge in [0.25, 0.3) is 0 Å². The highest BCUT2D eigenvalue weighted by Gasteiger charge is 2.24. The van der Waals surface area contributed by atoms with Gasteiger partial charge in [-0.1, -0.05) is 32.1 Å². The van der Waals surface area contributed by atoms with Crippen molar-refractivity contribution in [2.75, 3.05) is 12.4 Å². The van der Waals surface area contributed by atoms with Gasteiger partial charge in [-0.25, -0.2) is 4.98 Å². The first-order chi connectivity index (χ1) is 12.5. The van der Waals surface area contributed by atoms with Crippen LogP contribution in [0, 0.1) is 12.3 Å². The third-order valence-electron chi connectivity index (χ3n) is 3.67. The summed E-state index contributed by atoms with van der Waals surface area (Å²) in [5, 5.41) is 3.43. The second-order valence-electron chi connectivity index (χ2n) is 7.54. The maximum atomic E-state index is 12.6. The van der Waals surface area contributed by atoms with Gasteiger partial charge >= 0.3 is 0 Å². The van der Waals surface area contributed by atoms with Gasteiger partial charge < -0.3 is 14.6 Å². The van der Waals surface area contributed by atoms with Gasteiger partial charge in [0.05, 0.1) is 29.0 Å². The largest absolute Gasteiger partial charge is 0.593 e. The van der Waals surface area contributed by atoms with Gasteiger partial charge in [-0.3, -0.25) is 4.79 Å². The molecule has 0 aliphatic heterocycles. The second-order valence-corrected chi connectivity index (χ2v) is 9.76. The number of methoxy groups -OCH3 is 1. The molecule has 1 atom stereocenters. The van der Waals surface area contributed by atoms with Crippen LogP contribution in [-0.2, 0) is 16.2 Å². The molecule has 1 unspecified atom stereocenters. The van der Waals surface area contributed by atoms with E-state index >= 15 is 0 Å². The monoisotopic (exact) mass is 409 g/mol. The second kappa shape index (κ2) is 8.60. The molecule has 0 spiro atoms. The van der Waals surface area contributed by atoms with E-state index in [1.165, 1.54) is 11.3 Å². The normalized spacial score (nSPS) is 12.9. The number of amides is 1. The van der Waals surface area contributed by atoms with Crippen molar-refractivity contribution in [3.63, 3.8) is 0 Å². The summed E-state index contributed by atoms with van der Waals surface area (Å²) in [5.41, 5.74) is 1.20. The number of carbonyl (C=O) groups excluding carboxylic acids is 1. The fraction of sp³-hybridized carbons (Fsp3) is 0.474. The number of ether oxygens (including phenoxy) is 1. The van der Waals surface area contributed by atoms with Crippen molar-refractivity contribution in [1.29, 1.82) is 0 Å². The molecule has 2 rings (SSSR count). The number of aryl methyl sites for hydroxylation is 1. The Bertz CT molecular complexity index is 813. The van der Waals surface area contributed by atoms with Crippen LogP contribution in [0.5, 0.6) is 5.75 Å². The number of carbonyl (C=O) groups is 1. The van der Waals surface area contributed by atoms with Crippen molar-refractivity contribution < 1.29 is 14.1 Å². The van der Waals surface area contributed by atoms with Gasteiger partial charge in [0, 0.05) is 17.5 Å². The number of anilines is 1. The first-order valence-corrected chi connectivity index (χ1v) is 10.6. The Hall–Kier alpha value is -1.61. The minimum Gasteiger partial charge on any atom is -0.593 e. The Balaban J connectivity index is 2.37. The SMILES string of the molecule is COc1ccc(-c2sc(NC(=O)C(C)(C)C)nc2C)cc1[S+]([O-])NC(C)C. The maximum Gasteiger partial charge on any atom is 0.231 e. The van der Waals surface area contributed by atoms with Crippen molar-refractivity contribution >= 4 is 33.7 Å². The summed E-state index contributed by atoms with van der Waals surface area (Å²) in [7, 11) is 1.56. The number of aromatic nitrogens is 1. The number of hydrogen-bond donors (Lipinski definition) is 2. The van der Waals surface area contributed by atoms with Crippen molar-refractivity contribution in [2.24, 2.45) is 5.41 Å². The zero-order valence-electron chi connectivity index (χ0n) is 16.8. The van der Waals surface area contributed by atoms with E-state index in [9.17, 15) is 9.35 Å². The molecule has 0 bridgehead atoms. The summed E-state index contributed by atoms with van der Waals surface area (Å²) < 4.78 is 21.0. The van der Waals surface area contributed by atoms with Crippen molar-refractivity contribution in [1.82, 2.24) is 9.71 Å². The quantitative estimate of drug-likeness (QED) is 0.701. The molecule has 0 saturated carbocycles. The zero-order valence-corrected chi connectivity index (χ0v) is 18.4. The Labute approximate surface area is 168 Å². The molecule has 1 amide bonds. The average molecular weight is 410 g/mol. The maximum absolute atomic E-state index is 12.6. The fourth-order valence-electron chi connectivity index (χ4n) is 2.24. The molecule has 2 N–H and O–H groups in total. The van der Waals surface area contributed by atoms with E-state index in [0.717, 1.165) is 16.1 Å². The first kappa shape index (κ1) is 21.7. The molecule has 0 aliphatic rings. The molecule has 2 aromatic rings. The number of rotatable bonds is 6. The lowest BCUT2D eigenvalue weighted by atomic mass is 9.96. The molecule has 0 radical (unpaired) electrons. The topological polar surface area (TPSA) is 86.3 Å². The highest BCUT2D eigenvalue weighted by Crippen LogP contribution is 2.36. The molecular formula is C19H27N3O3S2. The van der Waals surface area contributed by atoms with Crippen LogP contribution in [0.15, 0.2) is 23.1 Å². The summed E-state index contributed by atoms with van der Waals surface area (Å²) >= 11 is 0.0113. The molecule has 6 nitrogen and oxygen atoms in total. The molecule has 0 fully saturated rings. The van der Waals surface area contributed by atoms with Crippen LogP contribution in [0.3, 0.4) is 0 Å². The van der Waals surface area contributed by atoms with Crippen LogP contribution in [0.2, 0.25) is 0 Å². The Morgan fingerprint density at radius 2 is 2.00 bits per heavy atom. The van der Waals surface area contributed by atoms with E-state index in [-0.39, 0.29) is 11.9 Å². The minimum atomic E-state index is -1.39. The number of benzene rings is 1. The molecule has 0 saturated heterocycles. The van der Waals surface area contributed by atoms with Gasteiger partial charge in [0.15, 0.2) is 10.9 Å². The summed E-state index contributed by atoms with van der Waals surface area (Å²) in [5.74, 6) is 0.481. The van der Waals surface area contributed by atoms with Crippen LogP contribution in [0.4, 0.5) is 5.13 Å². The smallest absolute Gasteiger partial charge is 0.231 e. The molecular weight excluding hydrogens is 382 g/mol. The number of hydrogen-bond acceptors (Lipinski definition) is 6. The predicted octanol–water partition coefficient (Wildman–Crippen LogP) is 4.13. The van der Waals surface area contributed by atoms with E-state index in [1.54, 1.807) is 13.2 Å². The Kier molecular flexibility index (Phi) is 6.91. The third-order valence-corrected chi connectivity index (χ3v) is 6.19. The summed E-state index contributed by atoms with van der Waals surface area (Å²) in [6.07, 6.45) is 0. The lowest BCUT2D eigenvalue weighted by Gasteiger charge is -2.16. The third kappa shape index (κ3) is 5.44. The summed E-state index contributed by atoms with van der Waals surface area (Å²) in [6.45, 7) is 11.3. The lowest BCUT2D eigenvalue weighted by Crippen LogP contribution is -2.30. The molecule has 27 heavy (non-hydrogen) atoms. The number of thiazole rings is 1. The van der Waals surface area contributed by atoms with Crippen molar-refractivity contribution in [3.05, 3.63) is 23.9 Å². The molecule has 148 valence electrons. The van der Waals surface area contributed by atoms with Crippen LogP contribution in [0.25, 0.3) is 10.4 Å². The van der Waals surface area contributed by atoms with Crippen molar-refractivity contribution in [3.8, 4) is 16.2 Å². The highest BCUT2D eigenvalue weighted by molar-refractivity contribution is 7.89. The molecule has 1 heterocycles. The van der Waals surface area contributed by atoms with Gasteiger partial charge in [0.2, 0.25) is 10.8 Å². The Morgan fingerprint density at radius 1 is 1.33 bits per heavy atom. The number of nitrogens with one attached hydrogen (secondary N) is 2. The van der Waals surface area contributed by atoms with Crippen LogP contribution >= 0.6 is 11.3 Å². The summed E-state index contributed by atoms with van der Waals surface area (Å²) in [6, 6.07) is 5.63. The first-order valence-electron chi connectivity index (χ1n) is 8.68. The van der Waals surface area contributed by atoms with Crippen LogP contribution in [-0.4, -0.2) is 28.6 Å². The molecule has 0 aliphatic carbocycles. The number of nitrogens with zero attached hydrogens (tertiary/aromatic N) is 1. The van der Waals surface area contributed by atoms with E-state index in [0.29, 0.717) is 15.8 Å². The zero-order chi connectivity index (χ0) is 20.4. The minimum absolute atomic E-state index is 0.0727. The van der Waals surface area contributed by atoms with Gasteiger partial charge in [-0.2, -0.15) is 0 Å².